The monoisotopic (exact) mass is 404 g/mol. The molecule has 0 saturated carbocycles. The number of rotatable bonds is 6. The summed E-state index contributed by atoms with van der Waals surface area (Å²) in [5, 5.41) is 11.7. The lowest BCUT2D eigenvalue weighted by molar-refractivity contribution is -0.133. The highest BCUT2D eigenvalue weighted by Gasteiger charge is 2.22. The molecule has 2 aromatic heterocycles. The smallest absolute Gasteiger partial charge is 0.260 e. The summed E-state index contributed by atoms with van der Waals surface area (Å²) in [5.74, 6) is 2.88. The summed E-state index contributed by atoms with van der Waals surface area (Å²) >= 11 is 0. The van der Waals surface area contributed by atoms with Gasteiger partial charge in [-0.05, 0) is 43.3 Å². The van der Waals surface area contributed by atoms with Crippen LogP contribution in [0.4, 0.5) is 17.5 Å². The lowest BCUT2D eigenvalue weighted by atomic mass is 10.3. The van der Waals surface area contributed by atoms with Crippen LogP contribution in [-0.2, 0) is 4.79 Å². The first kappa shape index (κ1) is 19.6. The Morgan fingerprint density at radius 3 is 2.43 bits per heavy atom. The first-order valence-electron chi connectivity index (χ1n) is 9.92. The number of pyridine rings is 1. The maximum atomic E-state index is 12.4. The predicted molar refractivity (Wildman–Crippen MR) is 115 cm³/mol. The van der Waals surface area contributed by atoms with Gasteiger partial charge in [0.25, 0.3) is 5.91 Å². The normalized spacial score (nSPS) is 13.8. The van der Waals surface area contributed by atoms with E-state index in [0.29, 0.717) is 37.7 Å². The standard InChI is InChI=1S/C22H24N6O2/c1-17-6-5-9-19(23-17)24-20-10-11-21(26-25-20)27-12-14-28(15-13-27)22(29)16-30-18-7-3-2-4-8-18/h2-11H,12-16H2,1H3,(H,23,24,25). The van der Waals surface area contributed by atoms with Crippen LogP contribution in [0.3, 0.4) is 0 Å². The van der Waals surface area contributed by atoms with E-state index in [-0.39, 0.29) is 12.5 Å². The molecule has 0 spiro atoms. The Kier molecular flexibility index (Phi) is 6.03. The van der Waals surface area contributed by atoms with Crippen molar-refractivity contribution in [3.8, 4) is 5.75 Å². The number of para-hydroxylation sites is 1. The molecule has 0 atom stereocenters. The predicted octanol–water partition coefficient (Wildman–Crippen LogP) is 2.65. The first-order chi connectivity index (χ1) is 14.7. The van der Waals surface area contributed by atoms with Crippen molar-refractivity contribution >= 4 is 23.4 Å². The molecule has 1 amide bonds. The summed E-state index contributed by atoms with van der Waals surface area (Å²) in [5.41, 5.74) is 0.936. The van der Waals surface area contributed by atoms with Crippen LogP contribution in [0.15, 0.2) is 60.7 Å². The number of carbonyl (C=O) groups is 1. The van der Waals surface area contributed by atoms with Gasteiger partial charge in [-0.15, -0.1) is 10.2 Å². The van der Waals surface area contributed by atoms with Gasteiger partial charge in [0.15, 0.2) is 18.2 Å². The number of hydrogen-bond acceptors (Lipinski definition) is 7. The van der Waals surface area contributed by atoms with Crippen LogP contribution in [-0.4, -0.2) is 58.8 Å². The molecule has 4 rings (SSSR count). The van der Waals surface area contributed by atoms with Crippen molar-refractivity contribution in [3.63, 3.8) is 0 Å². The lowest BCUT2D eigenvalue weighted by Crippen LogP contribution is -2.50. The van der Waals surface area contributed by atoms with Crippen molar-refractivity contribution in [1.82, 2.24) is 20.1 Å². The minimum Gasteiger partial charge on any atom is -0.484 e. The number of benzene rings is 1. The summed E-state index contributed by atoms with van der Waals surface area (Å²) in [4.78, 5) is 20.8. The van der Waals surface area contributed by atoms with Crippen LogP contribution in [0, 0.1) is 6.92 Å². The van der Waals surface area contributed by atoms with Gasteiger partial charge in [-0.2, -0.15) is 0 Å². The molecule has 1 aromatic carbocycles. The highest BCUT2D eigenvalue weighted by atomic mass is 16.5. The zero-order valence-corrected chi connectivity index (χ0v) is 16.9. The Bertz CT molecular complexity index is 972. The average molecular weight is 404 g/mol. The molecule has 1 fully saturated rings. The molecule has 154 valence electrons. The van der Waals surface area contributed by atoms with Crippen LogP contribution >= 0.6 is 0 Å². The quantitative estimate of drug-likeness (QED) is 0.676. The van der Waals surface area contributed by atoms with Gasteiger partial charge in [-0.25, -0.2) is 4.98 Å². The number of piperazine rings is 1. The van der Waals surface area contributed by atoms with E-state index in [2.05, 4.69) is 25.4 Å². The second-order valence-electron chi connectivity index (χ2n) is 7.04. The van der Waals surface area contributed by atoms with E-state index in [4.69, 9.17) is 4.74 Å². The largest absolute Gasteiger partial charge is 0.484 e. The SMILES string of the molecule is Cc1cccc(Nc2ccc(N3CCN(C(=O)COc4ccccc4)CC3)nn2)n1. The fourth-order valence-electron chi connectivity index (χ4n) is 3.24. The molecule has 3 heterocycles. The molecule has 8 nitrogen and oxygen atoms in total. The minimum absolute atomic E-state index is 0.00482. The van der Waals surface area contributed by atoms with Gasteiger partial charge in [0.2, 0.25) is 0 Å². The number of aromatic nitrogens is 3. The van der Waals surface area contributed by atoms with E-state index in [0.717, 1.165) is 17.3 Å². The van der Waals surface area contributed by atoms with Crippen molar-refractivity contribution in [2.24, 2.45) is 0 Å². The van der Waals surface area contributed by atoms with Gasteiger partial charge >= 0.3 is 0 Å². The Morgan fingerprint density at radius 2 is 1.73 bits per heavy atom. The highest BCUT2D eigenvalue weighted by Crippen LogP contribution is 2.17. The lowest BCUT2D eigenvalue weighted by Gasteiger charge is -2.35. The molecule has 1 aliphatic heterocycles. The molecule has 8 heteroatoms. The molecule has 0 radical (unpaired) electrons. The summed E-state index contributed by atoms with van der Waals surface area (Å²) in [6, 6.07) is 19.0. The number of ether oxygens (including phenoxy) is 1. The summed E-state index contributed by atoms with van der Waals surface area (Å²) < 4.78 is 5.56. The number of aryl methyl sites for hydroxylation is 1. The summed E-state index contributed by atoms with van der Waals surface area (Å²) in [6.45, 7) is 4.67. The van der Waals surface area contributed by atoms with Gasteiger partial charge in [-0.3, -0.25) is 4.79 Å². The Balaban J connectivity index is 1.27. The third-order valence-electron chi connectivity index (χ3n) is 4.86. The van der Waals surface area contributed by atoms with Crippen LogP contribution in [0.25, 0.3) is 0 Å². The molecule has 3 aromatic rings. The second-order valence-corrected chi connectivity index (χ2v) is 7.04. The molecular formula is C22H24N6O2. The van der Waals surface area contributed by atoms with Gasteiger partial charge < -0.3 is 19.9 Å². The van der Waals surface area contributed by atoms with E-state index in [1.165, 1.54) is 0 Å². The highest BCUT2D eigenvalue weighted by molar-refractivity contribution is 5.78. The number of carbonyl (C=O) groups excluding carboxylic acids is 1. The molecule has 1 aliphatic rings. The van der Waals surface area contributed by atoms with E-state index in [1.54, 1.807) is 0 Å². The summed E-state index contributed by atoms with van der Waals surface area (Å²) in [7, 11) is 0. The first-order valence-corrected chi connectivity index (χ1v) is 9.92. The van der Waals surface area contributed by atoms with E-state index in [9.17, 15) is 4.79 Å². The number of nitrogens with one attached hydrogen (secondary N) is 1. The number of amides is 1. The molecule has 0 bridgehead atoms. The van der Waals surface area contributed by atoms with Crippen LogP contribution < -0.4 is 15.0 Å². The average Bonchev–Trinajstić information content (AvgIpc) is 2.79. The third kappa shape index (κ3) is 5.02. The second kappa shape index (κ2) is 9.21. The fraction of sp³-hybridized carbons (Fsp3) is 0.273. The molecule has 1 saturated heterocycles. The molecule has 0 aliphatic carbocycles. The zero-order chi connectivity index (χ0) is 20.8. The van der Waals surface area contributed by atoms with Crippen molar-refractivity contribution in [1.29, 1.82) is 0 Å². The fourth-order valence-corrected chi connectivity index (χ4v) is 3.24. The maximum absolute atomic E-state index is 12.4. The maximum Gasteiger partial charge on any atom is 0.260 e. The van der Waals surface area contributed by atoms with Gasteiger partial charge in [0.05, 0.1) is 0 Å². The molecule has 1 N–H and O–H groups in total. The molecular weight excluding hydrogens is 380 g/mol. The number of hydrogen-bond donors (Lipinski definition) is 1. The van der Waals surface area contributed by atoms with Crippen molar-refractivity contribution in [3.05, 3.63) is 66.4 Å². The van der Waals surface area contributed by atoms with Crippen LogP contribution in [0.1, 0.15) is 5.69 Å². The molecule has 30 heavy (non-hydrogen) atoms. The zero-order valence-electron chi connectivity index (χ0n) is 16.9. The number of nitrogens with zero attached hydrogens (tertiary/aromatic N) is 5. The van der Waals surface area contributed by atoms with Gasteiger partial charge in [-0.1, -0.05) is 24.3 Å². The summed E-state index contributed by atoms with van der Waals surface area (Å²) in [6.07, 6.45) is 0. The molecule has 0 unspecified atom stereocenters. The van der Waals surface area contributed by atoms with E-state index >= 15 is 0 Å². The van der Waals surface area contributed by atoms with E-state index in [1.807, 2.05) is 72.5 Å². The Morgan fingerprint density at radius 1 is 0.933 bits per heavy atom. The van der Waals surface area contributed by atoms with Crippen LogP contribution in [0.5, 0.6) is 5.75 Å². The van der Waals surface area contributed by atoms with E-state index < -0.39 is 0 Å². The third-order valence-corrected chi connectivity index (χ3v) is 4.86. The number of anilines is 3. The Labute approximate surface area is 175 Å². The van der Waals surface area contributed by atoms with Gasteiger partial charge in [0, 0.05) is 31.9 Å². The van der Waals surface area contributed by atoms with Crippen molar-refractivity contribution in [2.45, 2.75) is 6.92 Å². The Hall–Kier alpha value is -3.68. The minimum atomic E-state index is -0.00482. The van der Waals surface area contributed by atoms with Gasteiger partial charge in [0.1, 0.15) is 11.6 Å². The topological polar surface area (TPSA) is 83.5 Å². The van der Waals surface area contributed by atoms with Crippen molar-refractivity contribution in [2.75, 3.05) is 43.0 Å². The van der Waals surface area contributed by atoms with Crippen molar-refractivity contribution < 1.29 is 9.53 Å². The van der Waals surface area contributed by atoms with Crippen LogP contribution in [0.2, 0.25) is 0 Å².